The summed E-state index contributed by atoms with van der Waals surface area (Å²) in [5.74, 6) is -5.84. The standard InChI is InChI=1S/C33H52N2O6.C27H43N3O4/c1-29(2,3)22(17-25(37)41-30(4,5)6)28(40)35-19-33(31(7,8)32(33)13-10-14-32)18-23(35)24(36)16-21(26(38)27(34)39)15-20-11-9-12-20;1-24(2,3)21(28)23(34)30-15-27(25(4,5)26(27)10-7-11-26)14-18(30)19(31)13-17(20(32)22(29)33)12-16-8-6-9-16/h20-23H,9-19H2,1-8H3,(H2,34,39);16-18,21H,6-15,28H2,1-5H3,(H2,29,33)/t21?,22-,23+,33-;17?,18-,21+,27+/m10/s1. The van der Waals surface area contributed by atoms with Crippen LogP contribution in [0.15, 0.2) is 0 Å². The van der Waals surface area contributed by atoms with Gasteiger partial charge in [0.15, 0.2) is 11.6 Å². The number of amides is 4. The van der Waals surface area contributed by atoms with Crippen molar-refractivity contribution in [2.75, 3.05) is 13.1 Å². The van der Waals surface area contributed by atoms with Crippen molar-refractivity contribution >= 4 is 52.7 Å². The molecule has 8 fully saturated rings. The summed E-state index contributed by atoms with van der Waals surface area (Å²) in [6.45, 7) is 27.2. The van der Waals surface area contributed by atoms with Crippen molar-refractivity contribution in [3.05, 3.63) is 0 Å². The largest absolute Gasteiger partial charge is 0.460 e. The number of carbonyl (C=O) groups is 9. The summed E-state index contributed by atoms with van der Waals surface area (Å²) in [4.78, 5) is 121. The third-order valence-electron chi connectivity index (χ3n) is 22.1. The Balaban J connectivity index is 0.000000222. The summed E-state index contributed by atoms with van der Waals surface area (Å²) in [7, 11) is 0. The first-order valence-electron chi connectivity index (χ1n) is 28.8. The number of fused-ring (bicyclic) bond motifs is 2. The van der Waals surface area contributed by atoms with Crippen molar-refractivity contribution in [1.82, 2.24) is 9.80 Å². The molecule has 2 unspecified atom stereocenters. The molecule has 8 aliphatic rings. The fourth-order valence-corrected chi connectivity index (χ4v) is 16.3. The average molecular weight is 1050 g/mol. The molecule has 6 aliphatic carbocycles. The van der Waals surface area contributed by atoms with Crippen LogP contribution < -0.4 is 17.2 Å². The molecular weight excluding hydrogens is 951 g/mol. The molecule has 8 atom stereocenters. The van der Waals surface area contributed by atoms with E-state index in [-0.39, 0.29) is 75.1 Å². The topological polar surface area (TPSA) is 247 Å². The SMILES string of the molecule is CC(C)(C)OC(=O)C[C@H](C(=O)N1C[C@]2(C[C@H]1C(=O)CC(CC1CCC1)C(=O)C(N)=O)C(C)(C)C21CCC1)C(C)(C)C.CC(C)(C)[C@H](N)C(=O)N1C[C@]2(C[C@H]1C(=O)CC(CC1CCC1)C(=O)C(N)=O)C(C)(C)C21CCC1. The Morgan fingerprint density at radius 3 is 1.17 bits per heavy atom. The molecule has 0 aromatic heterocycles. The van der Waals surface area contributed by atoms with Crippen LogP contribution in [0.2, 0.25) is 0 Å². The molecule has 15 heteroatoms. The lowest BCUT2D eigenvalue weighted by Crippen LogP contribution is -2.53. The van der Waals surface area contributed by atoms with Crippen molar-refractivity contribution in [2.45, 2.75) is 236 Å². The number of hydrogen-bond acceptors (Lipinski definition) is 11. The van der Waals surface area contributed by atoms with Gasteiger partial charge in [0.2, 0.25) is 23.4 Å². The van der Waals surface area contributed by atoms with E-state index in [1.54, 1.807) is 30.6 Å². The third-order valence-corrected chi connectivity index (χ3v) is 22.1. The highest BCUT2D eigenvalue weighted by atomic mass is 16.6. The minimum Gasteiger partial charge on any atom is -0.460 e. The van der Waals surface area contributed by atoms with Crippen LogP contribution in [0.5, 0.6) is 0 Å². The molecule has 2 aliphatic heterocycles. The quantitative estimate of drug-likeness (QED) is 0.0877. The molecule has 0 bridgehead atoms. The fraction of sp³-hybridized carbons (Fsp3) is 0.850. The van der Waals surface area contributed by atoms with E-state index in [9.17, 15) is 43.2 Å². The van der Waals surface area contributed by atoms with Gasteiger partial charge >= 0.3 is 5.97 Å². The predicted octanol–water partition coefficient (Wildman–Crippen LogP) is 7.98. The van der Waals surface area contributed by atoms with E-state index < -0.39 is 81.7 Å². The summed E-state index contributed by atoms with van der Waals surface area (Å²) in [6, 6.07) is -1.99. The zero-order valence-electron chi connectivity index (χ0n) is 48.2. The number of carbonyl (C=O) groups excluding carboxylic acids is 9. The van der Waals surface area contributed by atoms with E-state index in [0.717, 1.165) is 70.6 Å². The van der Waals surface area contributed by atoms with E-state index in [2.05, 4.69) is 27.7 Å². The first-order chi connectivity index (χ1) is 34.4. The van der Waals surface area contributed by atoms with Crippen LogP contribution in [0.1, 0.15) is 212 Å². The minimum absolute atomic E-state index is 0.0113. The molecule has 8 rings (SSSR count). The molecule has 420 valence electrons. The number of ketones is 4. The number of esters is 1. The molecule has 75 heavy (non-hydrogen) atoms. The molecule has 2 heterocycles. The number of likely N-dealkylation sites (tertiary alicyclic amines) is 2. The summed E-state index contributed by atoms with van der Waals surface area (Å²) in [5.41, 5.74) is 15.6. The Kier molecular flexibility index (Phi) is 15.7. The lowest BCUT2D eigenvalue weighted by atomic mass is 9.73. The Morgan fingerprint density at radius 1 is 0.533 bits per heavy atom. The molecule has 0 radical (unpaired) electrons. The number of primary amides is 2. The highest BCUT2D eigenvalue weighted by Gasteiger charge is 2.86. The molecule has 4 amide bonds. The summed E-state index contributed by atoms with van der Waals surface area (Å²) >= 11 is 0. The number of hydrogen-bond donors (Lipinski definition) is 3. The van der Waals surface area contributed by atoms with Crippen molar-refractivity contribution < 1.29 is 47.9 Å². The second kappa shape index (κ2) is 20.0. The van der Waals surface area contributed by atoms with Crippen molar-refractivity contribution in [1.29, 1.82) is 0 Å². The van der Waals surface area contributed by atoms with Gasteiger partial charge in [-0.2, -0.15) is 0 Å². The van der Waals surface area contributed by atoms with E-state index in [0.29, 0.717) is 50.6 Å². The van der Waals surface area contributed by atoms with Gasteiger partial charge in [-0.05, 0) is 116 Å². The first-order valence-corrected chi connectivity index (χ1v) is 28.8. The van der Waals surface area contributed by atoms with Crippen LogP contribution in [0, 0.1) is 72.9 Å². The zero-order valence-corrected chi connectivity index (χ0v) is 48.2. The number of ether oxygens (including phenoxy) is 1. The van der Waals surface area contributed by atoms with Gasteiger partial charge in [-0.3, -0.25) is 43.2 Å². The summed E-state index contributed by atoms with van der Waals surface area (Å²) < 4.78 is 5.59. The van der Waals surface area contributed by atoms with Gasteiger partial charge in [-0.1, -0.05) is 121 Å². The second-order valence-corrected chi connectivity index (χ2v) is 29.5. The van der Waals surface area contributed by atoms with Gasteiger partial charge in [-0.15, -0.1) is 0 Å². The average Bonchev–Trinajstić information content (AvgIpc) is 3.55. The molecule has 0 aromatic carbocycles. The van der Waals surface area contributed by atoms with Gasteiger partial charge in [0.05, 0.1) is 30.5 Å². The zero-order chi connectivity index (χ0) is 56.0. The lowest BCUT2D eigenvalue weighted by molar-refractivity contribution is -0.161. The van der Waals surface area contributed by atoms with Gasteiger partial charge in [0, 0.05) is 48.6 Å². The van der Waals surface area contributed by atoms with Gasteiger partial charge in [0.25, 0.3) is 11.8 Å². The number of nitrogens with zero attached hydrogens (tertiary/aromatic N) is 2. The molecule has 6 saturated carbocycles. The summed E-state index contributed by atoms with van der Waals surface area (Å²) in [6.07, 6.45) is 15.0. The van der Waals surface area contributed by atoms with E-state index in [4.69, 9.17) is 21.9 Å². The monoisotopic (exact) mass is 1050 g/mol. The van der Waals surface area contributed by atoms with Gasteiger partial charge in [-0.25, -0.2) is 0 Å². The predicted molar refractivity (Wildman–Crippen MR) is 285 cm³/mol. The maximum atomic E-state index is 14.4. The second-order valence-electron chi connectivity index (χ2n) is 29.5. The lowest BCUT2D eigenvalue weighted by Gasteiger charge is -2.36. The van der Waals surface area contributed by atoms with Crippen LogP contribution in [-0.4, -0.2) is 99.3 Å². The molecule has 2 saturated heterocycles. The minimum atomic E-state index is -1.00. The van der Waals surface area contributed by atoms with Crippen molar-refractivity contribution in [2.24, 2.45) is 90.1 Å². The van der Waals surface area contributed by atoms with Crippen LogP contribution in [0.3, 0.4) is 0 Å². The number of nitrogens with two attached hydrogens (primary N) is 3. The summed E-state index contributed by atoms with van der Waals surface area (Å²) in [5, 5.41) is 0. The Labute approximate surface area is 447 Å². The Bertz CT molecular complexity index is 2320. The Morgan fingerprint density at radius 2 is 0.907 bits per heavy atom. The van der Waals surface area contributed by atoms with E-state index >= 15 is 0 Å². The first kappa shape index (κ1) is 58.7. The van der Waals surface area contributed by atoms with Gasteiger partial charge < -0.3 is 31.7 Å². The highest BCUT2D eigenvalue weighted by Crippen LogP contribution is 2.89. The molecule has 15 nitrogen and oxygen atoms in total. The Hall–Kier alpha value is -4.01. The third kappa shape index (κ3) is 10.1. The van der Waals surface area contributed by atoms with Gasteiger partial charge in [0.1, 0.15) is 5.60 Å². The van der Waals surface area contributed by atoms with Crippen molar-refractivity contribution in [3.63, 3.8) is 0 Å². The normalized spacial score (nSPS) is 29.4. The maximum absolute atomic E-state index is 14.4. The maximum Gasteiger partial charge on any atom is 0.307 e. The number of Topliss-reactive ketones (excluding diaryl/α,β-unsaturated/α-hetero) is 4. The fourth-order valence-electron chi connectivity index (χ4n) is 16.3. The van der Waals surface area contributed by atoms with E-state index in [1.165, 1.54) is 6.42 Å². The highest BCUT2D eigenvalue weighted by molar-refractivity contribution is 6.37. The van der Waals surface area contributed by atoms with Crippen molar-refractivity contribution in [3.8, 4) is 0 Å². The van der Waals surface area contributed by atoms with Crippen LogP contribution in [0.4, 0.5) is 0 Å². The molecule has 6 N–H and O–H groups in total. The smallest absolute Gasteiger partial charge is 0.307 e. The van der Waals surface area contributed by atoms with Crippen LogP contribution in [0.25, 0.3) is 0 Å². The van der Waals surface area contributed by atoms with Crippen LogP contribution >= 0.6 is 0 Å². The van der Waals surface area contributed by atoms with Crippen LogP contribution in [-0.2, 0) is 47.9 Å². The molecule has 0 aromatic rings. The molecular formula is C60H95N5O10. The number of rotatable bonds is 18. The molecule has 4 spiro atoms. The van der Waals surface area contributed by atoms with E-state index in [1.807, 2.05) is 41.5 Å².